The molecule has 10 nitrogen and oxygen atoms in total. The summed E-state index contributed by atoms with van der Waals surface area (Å²) in [6.45, 7) is 0.215. The van der Waals surface area contributed by atoms with Gasteiger partial charge in [0.05, 0.1) is 23.3 Å². The van der Waals surface area contributed by atoms with Crippen molar-refractivity contribution < 1.29 is 38.8 Å². The van der Waals surface area contributed by atoms with Crippen molar-refractivity contribution in [3.05, 3.63) is 66.7 Å². The van der Waals surface area contributed by atoms with E-state index in [1.165, 1.54) is 24.2 Å². The van der Waals surface area contributed by atoms with Gasteiger partial charge in [-0.25, -0.2) is 0 Å². The number of halogens is 3. The normalized spacial score (nSPS) is 21.8. The van der Waals surface area contributed by atoms with Gasteiger partial charge in [0.1, 0.15) is 24.6 Å². The fourth-order valence-corrected chi connectivity index (χ4v) is 6.21. The Morgan fingerprint density at radius 3 is 2.69 bits per heavy atom. The summed E-state index contributed by atoms with van der Waals surface area (Å²) in [5.74, 6) is -0.293. The second-order valence-corrected chi connectivity index (χ2v) is 11.9. The molecule has 0 saturated carbocycles. The van der Waals surface area contributed by atoms with Crippen LogP contribution in [0.2, 0.25) is 10.0 Å². The first kappa shape index (κ1) is 32.5. The number of carbonyl (C=O) groups is 3. The molecule has 1 heterocycles. The molecule has 4 rings (SSSR count). The number of methoxy groups -OCH3 is 1. The van der Waals surface area contributed by atoms with Crippen LogP contribution < -0.4 is 14.8 Å². The predicted molar refractivity (Wildman–Crippen MR) is 164 cm³/mol. The Morgan fingerprint density at radius 1 is 1.26 bits per heavy atom. The van der Waals surface area contributed by atoms with Crippen LogP contribution in [0.4, 0.5) is 0 Å². The molecule has 0 bridgehead atoms. The van der Waals surface area contributed by atoms with Crippen LogP contribution in [0, 0.1) is 3.57 Å². The van der Waals surface area contributed by atoms with E-state index in [9.17, 15) is 24.6 Å². The maximum atomic E-state index is 13.9. The van der Waals surface area contributed by atoms with E-state index in [-0.39, 0.29) is 49.1 Å². The molecule has 2 aromatic carbocycles. The Hall–Kier alpha value is -2.42. The fourth-order valence-electron chi connectivity index (χ4n) is 4.99. The molecule has 2 aromatic rings. The van der Waals surface area contributed by atoms with Gasteiger partial charge in [0.25, 0.3) is 5.91 Å². The number of carbonyl (C=O) groups excluding carboxylic acids is 3. The lowest BCUT2D eigenvalue weighted by atomic mass is 9.87. The van der Waals surface area contributed by atoms with Crippen molar-refractivity contribution in [1.29, 1.82) is 0 Å². The Bertz CT molecular complexity index is 1350. The highest BCUT2D eigenvalue weighted by Gasteiger charge is 2.43. The summed E-state index contributed by atoms with van der Waals surface area (Å²) in [6.07, 6.45) is 0.322. The number of aliphatic hydroxyl groups is 2. The molecule has 13 heteroatoms. The van der Waals surface area contributed by atoms with E-state index in [0.717, 1.165) is 0 Å². The van der Waals surface area contributed by atoms with E-state index in [1.807, 2.05) is 22.6 Å². The van der Waals surface area contributed by atoms with Crippen molar-refractivity contribution in [2.45, 2.75) is 50.2 Å². The number of aldehydes is 1. The molecule has 4 atom stereocenters. The van der Waals surface area contributed by atoms with Gasteiger partial charge in [-0.1, -0.05) is 29.3 Å². The first-order chi connectivity index (χ1) is 20.2. The highest BCUT2D eigenvalue weighted by atomic mass is 127. The highest BCUT2D eigenvalue weighted by molar-refractivity contribution is 14.1. The number of nitrogens with zero attached hydrogens (tertiary/aromatic N) is 1. The van der Waals surface area contributed by atoms with Gasteiger partial charge in [-0.2, -0.15) is 0 Å². The Labute approximate surface area is 267 Å². The topological polar surface area (TPSA) is 135 Å². The average Bonchev–Trinajstić information content (AvgIpc) is 3.52. The molecule has 2 amide bonds. The van der Waals surface area contributed by atoms with Crippen LogP contribution in [0.1, 0.15) is 35.2 Å². The maximum absolute atomic E-state index is 13.9. The number of rotatable bonds is 11. The molecule has 1 fully saturated rings. The minimum Gasteiger partial charge on any atom is -0.493 e. The van der Waals surface area contributed by atoms with Gasteiger partial charge in [-0.3, -0.25) is 14.4 Å². The number of ether oxygens (including phenoxy) is 3. The van der Waals surface area contributed by atoms with Crippen LogP contribution in [-0.4, -0.2) is 84.4 Å². The van der Waals surface area contributed by atoms with E-state index >= 15 is 0 Å². The van der Waals surface area contributed by atoms with E-state index < -0.39 is 30.3 Å². The number of aliphatic hydroxyl groups excluding tert-OH is 2. The first-order valence-electron chi connectivity index (χ1n) is 13.3. The molecule has 2 aliphatic rings. The first-order valence-corrected chi connectivity index (χ1v) is 15.1. The molecule has 1 saturated heterocycles. The molecular formula is C29H31Cl2IN2O8. The van der Waals surface area contributed by atoms with Crippen LogP contribution >= 0.6 is 45.8 Å². The minimum absolute atomic E-state index is 0.000262. The molecular weight excluding hydrogens is 702 g/mol. The van der Waals surface area contributed by atoms with E-state index in [1.54, 1.807) is 24.3 Å². The van der Waals surface area contributed by atoms with Crippen molar-refractivity contribution in [3.8, 4) is 11.5 Å². The van der Waals surface area contributed by atoms with Gasteiger partial charge in [-0.15, -0.1) is 0 Å². The van der Waals surface area contributed by atoms with Crippen LogP contribution in [0.25, 0.3) is 0 Å². The lowest BCUT2D eigenvalue weighted by Gasteiger charge is -2.41. The van der Waals surface area contributed by atoms with Gasteiger partial charge >= 0.3 is 0 Å². The summed E-state index contributed by atoms with van der Waals surface area (Å²) in [4.78, 5) is 39.9. The van der Waals surface area contributed by atoms with Crippen molar-refractivity contribution in [2.24, 2.45) is 0 Å². The number of benzene rings is 2. The summed E-state index contributed by atoms with van der Waals surface area (Å²) in [5, 5.41) is 24.4. The van der Waals surface area contributed by atoms with Crippen molar-refractivity contribution in [2.75, 3.05) is 26.9 Å². The third kappa shape index (κ3) is 7.56. The second-order valence-electron chi connectivity index (χ2n) is 9.87. The summed E-state index contributed by atoms with van der Waals surface area (Å²) in [7, 11) is 1.43. The number of amides is 2. The van der Waals surface area contributed by atoms with Crippen LogP contribution in [0.5, 0.6) is 11.5 Å². The Kier molecular flexibility index (Phi) is 11.5. The van der Waals surface area contributed by atoms with E-state index in [4.69, 9.17) is 37.4 Å². The smallest absolute Gasteiger partial charge is 0.252 e. The molecule has 1 aliphatic carbocycles. The van der Waals surface area contributed by atoms with Crippen LogP contribution in [0.3, 0.4) is 0 Å². The molecule has 0 spiro atoms. The standard InChI is InChI=1S/C29H31Cl2IN2O8/c1-40-25-10-16(15-36)9-21(32)27(25)42-24-12-18(28(38)33-6-7-35)11-22(26(24)37)34(29(39)23-3-2-8-41-23)14-17-4-5-19(30)13-20(17)31/h4-5,9-10,12-13,15,22-24,26,35,37H,2-3,6-8,11,14H2,1H3,(H,33,38). The summed E-state index contributed by atoms with van der Waals surface area (Å²) in [5.41, 5.74) is 1.23. The zero-order chi connectivity index (χ0) is 30.4. The summed E-state index contributed by atoms with van der Waals surface area (Å²) < 4.78 is 18.0. The molecule has 3 N–H and O–H groups in total. The number of hydrogen-bond acceptors (Lipinski definition) is 8. The second kappa shape index (κ2) is 14.8. The molecule has 1 aliphatic heterocycles. The van der Waals surface area contributed by atoms with Gasteiger partial charge in [0.2, 0.25) is 5.91 Å². The van der Waals surface area contributed by atoms with E-state index in [0.29, 0.717) is 50.5 Å². The Balaban J connectivity index is 1.75. The maximum Gasteiger partial charge on any atom is 0.252 e. The predicted octanol–water partition coefficient (Wildman–Crippen LogP) is 3.54. The van der Waals surface area contributed by atoms with Crippen molar-refractivity contribution in [3.63, 3.8) is 0 Å². The monoisotopic (exact) mass is 732 g/mol. The molecule has 0 radical (unpaired) electrons. The molecule has 0 aromatic heterocycles. The fraction of sp³-hybridized carbons (Fsp3) is 0.414. The largest absolute Gasteiger partial charge is 0.493 e. The molecule has 226 valence electrons. The third-order valence-corrected chi connectivity index (χ3v) is 8.49. The lowest BCUT2D eigenvalue weighted by Crippen LogP contribution is -2.56. The Morgan fingerprint density at radius 2 is 2.05 bits per heavy atom. The number of hydrogen-bond donors (Lipinski definition) is 3. The van der Waals surface area contributed by atoms with Gasteiger partial charge < -0.3 is 34.6 Å². The summed E-state index contributed by atoms with van der Waals surface area (Å²) >= 11 is 14.6. The molecule has 4 unspecified atom stereocenters. The number of nitrogens with one attached hydrogen (secondary N) is 1. The average molecular weight is 733 g/mol. The summed E-state index contributed by atoms with van der Waals surface area (Å²) in [6, 6.07) is 7.12. The molecule has 42 heavy (non-hydrogen) atoms. The zero-order valence-electron chi connectivity index (χ0n) is 22.7. The van der Waals surface area contributed by atoms with Crippen LogP contribution in [-0.2, 0) is 20.9 Å². The third-order valence-electron chi connectivity index (χ3n) is 7.10. The van der Waals surface area contributed by atoms with Crippen molar-refractivity contribution >= 4 is 63.9 Å². The van der Waals surface area contributed by atoms with Gasteiger partial charge in [-0.05, 0) is 71.3 Å². The van der Waals surface area contributed by atoms with Crippen molar-refractivity contribution in [1.82, 2.24) is 10.2 Å². The van der Waals surface area contributed by atoms with E-state index in [2.05, 4.69) is 5.32 Å². The highest BCUT2D eigenvalue weighted by Crippen LogP contribution is 2.37. The van der Waals surface area contributed by atoms with Gasteiger partial charge in [0.15, 0.2) is 11.5 Å². The quantitative estimate of drug-likeness (QED) is 0.236. The van der Waals surface area contributed by atoms with Gasteiger partial charge in [0, 0.05) is 47.3 Å². The SMILES string of the molecule is COc1cc(C=O)cc(I)c1OC1C=C(C(=O)NCCO)CC(N(Cc2ccc(Cl)cc2Cl)C(=O)C2CCCO2)C1O. The van der Waals surface area contributed by atoms with Crippen LogP contribution in [0.15, 0.2) is 42.0 Å². The lowest BCUT2D eigenvalue weighted by molar-refractivity contribution is -0.149. The minimum atomic E-state index is -1.29. The zero-order valence-corrected chi connectivity index (χ0v) is 26.4.